The van der Waals surface area contributed by atoms with E-state index in [-0.39, 0.29) is 17.2 Å². The molecule has 1 rings (SSSR count). The predicted molar refractivity (Wildman–Crippen MR) is 54.9 cm³/mol. The van der Waals surface area contributed by atoms with Crippen LogP contribution >= 0.6 is 11.6 Å². The van der Waals surface area contributed by atoms with Crippen molar-refractivity contribution in [1.82, 2.24) is 4.98 Å². The largest absolute Gasteiger partial charge is 0.461 e. The molecule has 0 spiro atoms. The fraction of sp³-hybridized carbons (Fsp3) is 0.300. The molecule has 0 radical (unpaired) electrons. The normalized spacial score (nSPS) is 10.1. The van der Waals surface area contributed by atoms with Crippen LogP contribution in [0.5, 0.6) is 0 Å². The summed E-state index contributed by atoms with van der Waals surface area (Å²) in [6, 6.07) is 2.51. The second kappa shape index (κ2) is 5.55. The molecule has 17 heavy (non-hydrogen) atoms. The number of pyridine rings is 1. The van der Waals surface area contributed by atoms with E-state index in [1.54, 1.807) is 6.92 Å². The first-order chi connectivity index (χ1) is 8.01. The highest BCUT2D eigenvalue weighted by Crippen LogP contribution is 2.25. The zero-order valence-electron chi connectivity index (χ0n) is 8.71. The van der Waals surface area contributed by atoms with E-state index in [0.717, 1.165) is 6.07 Å². The third-order valence-corrected chi connectivity index (χ3v) is 2.09. The molecule has 0 N–H and O–H groups in total. The van der Waals surface area contributed by atoms with Crippen molar-refractivity contribution in [1.29, 1.82) is 5.26 Å². The molecule has 1 heterocycles. The number of carbonyl (C=O) groups excluding carboxylic acids is 1. The summed E-state index contributed by atoms with van der Waals surface area (Å²) in [4.78, 5) is 14.7. The average molecular weight is 261 g/mol. The Kier molecular flexibility index (Phi) is 4.35. The number of aromatic nitrogens is 1. The number of carbonyl (C=O) groups is 1. The summed E-state index contributed by atoms with van der Waals surface area (Å²) >= 11 is 5.66. The average Bonchev–Trinajstić information content (AvgIpc) is 2.28. The molecule has 0 saturated carbocycles. The number of nitrogens with zero attached hydrogens (tertiary/aromatic N) is 2. The third kappa shape index (κ3) is 2.88. The highest BCUT2D eigenvalue weighted by Gasteiger charge is 2.22. The molecule has 0 aromatic carbocycles. The lowest BCUT2D eigenvalue weighted by molar-refractivity contribution is 0.0518. The number of hydrogen-bond donors (Lipinski definition) is 0. The minimum atomic E-state index is -2.96. The van der Waals surface area contributed by atoms with Gasteiger partial charge in [0.25, 0.3) is 6.43 Å². The van der Waals surface area contributed by atoms with Crippen LogP contribution in [0.25, 0.3) is 0 Å². The van der Waals surface area contributed by atoms with E-state index in [4.69, 9.17) is 16.9 Å². The van der Waals surface area contributed by atoms with E-state index in [1.165, 1.54) is 6.07 Å². The second-order valence-corrected chi connectivity index (χ2v) is 3.29. The molecule has 1 aromatic heterocycles. The van der Waals surface area contributed by atoms with Crippen molar-refractivity contribution in [2.75, 3.05) is 6.61 Å². The minimum Gasteiger partial charge on any atom is -0.461 e. The molecule has 0 saturated heterocycles. The lowest BCUT2D eigenvalue weighted by Gasteiger charge is -2.07. The van der Waals surface area contributed by atoms with Gasteiger partial charge in [0.05, 0.1) is 17.2 Å². The molecule has 90 valence electrons. The van der Waals surface area contributed by atoms with E-state index in [9.17, 15) is 13.6 Å². The van der Waals surface area contributed by atoms with Gasteiger partial charge in [0.2, 0.25) is 0 Å². The van der Waals surface area contributed by atoms with Crippen LogP contribution in [0.3, 0.4) is 0 Å². The Morgan fingerprint density at radius 2 is 2.35 bits per heavy atom. The second-order valence-electron chi connectivity index (χ2n) is 2.88. The molecule has 7 heteroatoms. The molecule has 4 nitrogen and oxygen atoms in total. The highest BCUT2D eigenvalue weighted by molar-refractivity contribution is 6.33. The van der Waals surface area contributed by atoms with Gasteiger partial charge in [0.1, 0.15) is 11.8 Å². The number of halogens is 3. The topological polar surface area (TPSA) is 63.0 Å². The maximum Gasteiger partial charge on any atom is 0.358 e. The molecule has 0 aliphatic heterocycles. The maximum atomic E-state index is 12.6. The van der Waals surface area contributed by atoms with Crippen LogP contribution < -0.4 is 0 Å². The Morgan fingerprint density at radius 1 is 1.71 bits per heavy atom. The Bertz CT molecular complexity index is 486. The molecular formula is C10H7ClF2N2O2. The van der Waals surface area contributed by atoms with Crippen LogP contribution in [0.2, 0.25) is 5.02 Å². The summed E-state index contributed by atoms with van der Waals surface area (Å²) in [5.41, 5.74) is -1.55. The molecule has 1 aromatic rings. The lowest BCUT2D eigenvalue weighted by Crippen LogP contribution is -2.11. The molecule has 0 aliphatic carbocycles. The summed E-state index contributed by atoms with van der Waals surface area (Å²) in [5, 5.41) is 8.44. The van der Waals surface area contributed by atoms with Crippen molar-refractivity contribution in [3.05, 3.63) is 28.0 Å². The maximum absolute atomic E-state index is 12.6. The standard InChI is InChI=1S/C10H7ClF2N2O2/c1-2-17-10(16)8-6(11)3-5(4-14)7(15-8)9(12)13/h3,9H,2H2,1H3. The summed E-state index contributed by atoms with van der Waals surface area (Å²) in [5.74, 6) is -0.899. The molecule has 0 unspecified atom stereocenters. The summed E-state index contributed by atoms with van der Waals surface area (Å²) in [7, 11) is 0. The molecule has 0 atom stereocenters. The van der Waals surface area contributed by atoms with Crippen LogP contribution in [0.4, 0.5) is 8.78 Å². The van der Waals surface area contributed by atoms with Gasteiger partial charge >= 0.3 is 5.97 Å². The van der Waals surface area contributed by atoms with Crippen molar-refractivity contribution in [3.8, 4) is 6.07 Å². The first-order valence-corrected chi connectivity index (χ1v) is 4.94. The van der Waals surface area contributed by atoms with E-state index < -0.39 is 23.8 Å². The highest BCUT2D eigenvalue weighted by atomic mass is 35.5. The smallest absolute Gasteiger partial charge is 0.358 e. The van der Waals surface area contributed by atoms with Crippen molar-refractivity contribution < 1.29 is 18.3 Å². The van der Waals surface area contributed by atoms with Gasteiger partial charge in [0, 0.05) is 0 Å². The molecule has 0 fully saturated rings. The Balaban J connectivity index is 3.30. The van der Waals surface area contributed by atoms with Gasteiger partial charge in [-0.2, -0.15) is 5.26 Å². The monoisotopic (exact) mass is 260 g/mol. The fourth-order valence-electron chi connectivity index (χ4n) is 1.10. The number of nitriles is 1. The summed E-state index contributed by atoms with van der Waals surface area (Å²) in [6.45, 7) is 1.63. The SMILES string of the molecule is CCOC(=O)c1nc(C(F)F)c(C#N)cc1Cl. The summed E-state index contributed by atoms with van der Waals surface area (Å²) < 4.78 is 29.7. The number of alkyl halides is 2. The number of hydrogen-bond acceptors (Lipinski definition) is 4. The van der Waals surface area contributed by atoms with Gasteiger partial charge in [-0.25, -0.2) is 18.6 Å². The van der Waals surface area contributed by atoms with E-state index in [2.05, 4.69) is 9.72 Å². The van der Waals surface area contributed by atoms with Crippen LogP contribution in [-0.4, -0.2) is 17.6 Å². The van der Waals surface area contributed by atoms with Gasteiger partial charge in [0.15, 0.2) is 5.69 Å². The van der Waals surface area contributed by atoms with Crippen molar-refractivity contribution in [2.45, 2.75) is 13.3 Å². The predicted octanol–water partition coefficient (Wildman–Crippen LogP) is 2.72. The van der Waals surface area contributed by atoms with Crippen molar-refractivity contribution in [3.63, 3.8) is 0 Å². The van der Waals surface area contributed by atoms with Crippen molar-refractivity contribution >= 4 is 17.6 Å². The van der Waals surface area contributed by atoms with Crippen LogP contribution in [0.15, 0.2) is 6.07 Å². The number of esters is 1. The Morgan fingerprint density at radius 3 is 2.82 bits per heavy atom. The van der Waals surface area contributed by atoms with Gasteiger partial charge in [-0.1, -0.05) is 11.6 Å². The zero-order chi connectivity index (χ0) is 13.0. The minimum absolute atomic E-state index is 0.0703. The Labute approximate surface area is 101 Å². The van der Waals surface area contributed by atoms with Gasteiger partial charge < -0.3 is 4.74 Å². The van der Waals surface area contributed by atoms with Gasteiger partial charge in [-0.05, 0) is 13.0 Å². The molecule has 0 bridgehead atoms. The lowest BCUT2D eigenvalue weighted by atomic mass is 10.2. The van der Waals surface area contributed by atoms with Crippen LogP contribution in [0.1, 0.15) is 35.1 Å². The molecule has 0 aliphatic rings. The van der Waals surface area contributed by atoms with Crippen molar-refractivity contribution in [2.24, 2.45) is 0 Å². The van der Waals surface area contributed by atoms with Crippen LogP contribution in [-0.2, 0) is 4.74 Å². The van der Waals surface area contributed by atoms with E-state index >= 15 is 0 Å². The first-order valence-electron chi connectivity index (χ1n) is 4.57. The van der Waals surface area contributed by atoms with Crippen LogP contribution in [0, 0.1) is 11.3 Å². The summed E-state index contributed by atoms with van der Waals surface area (Å²) in [6.07, 6.45) is -2.96. The third-order valence-electron chi connectivity index (χ3n) is 1.80. The van der Waals surface area contributed by atoms with Gasteiger partial charge in [-0.15, -0.1) is 0 Å². The first kappa shape index (κ1) is 13.3. The molecule has 0 amide bonds. The zero-order valence-corrected chi connectivity index (χ0v) is 9.46. The van der Waals surface area contributed by atoms with Gasteiger partial charge in [-0.3, -0.25) is 0 Å². The van der Waals surface area contributed by atoms with E-state index in [0.29, 0.717) is 0 Å². The quantitative estimate of drug-likeness (QED) is 0.784. The number of rotatable bonds is 3. The molecular weight excluding hydrogens is 254 g/mol. The Hall–Kier alpha value is -1.74. The number of ether oxygens (including phenoxy) is 1. The fourth-order valence-corrected chi connectivity index (χ4v) is 1.33. The van der Waals surface area contributed by atoms with E-state index in [1.807, 2.05) is 0 Å².